The van der Waals surface area contributed by atoms with Gasteiger partial charge < -0.3 is 15.2 Å². The van der Waals surface area contributed by atoms with Crippen molar-refractivity contribution >= 4 is 6.03 Å². The molecule has 0 bridgehead atoms. The van der Waals surface area contributed by atoms with Crippen LogP contribution in [0.15, 0.2) is 18.2 Å². The minimum absolute atomic E-state index is 0.124. The van der Waals surface area contributed by atoms with E-state index in [2.05, 4.69) is 25.4 Å². The van der Waals surface area contributed by atoms with Crippen LogP contribution in [0.4, 0.5) is 13.6 Å². The molecule has 134 valence electrons. The summed E-state index contributed by atoms with van der Waals surface area (Å²) >= 11 is 0. The van der Waals surface area contributed by atoms with Gasteiger partial charge in [0.2, 0.25) is 0 Å². The summed E-state index contributed by atoms with van der Waals surface area (Å²) in [6.45, 7) is 3.57. The Hall–Kier alpha value is -2.51. The Morgan fingerprint density at radius 2 is 2.12 bits per heavy atom. The highest BCUT2D eigenvalue weighted by atomic mass is 19.2. The lowest BCUT2D eigenvalue weighted by Gasteiger charge is -2.14. The Bertz CT molecular complexity index is 761. The van der Waals surface area contributed by atoms with Gasteiger partial charge in [-0.2, -0.15) is 0 Å². The highest BCUT2D eigenvalue weighted by molar-refractivity contribution is 5.73. The molecule has 1 aliphatic heterocycles. The predicted molar refractivity (Wildman–Crippen MR) is 88.2 cm³/mol. The summed E-state index contributed by atoms with van der Waals surface area (Å²) in [6.07, 6.45) is 2.68. The number of fused-ring (bicyclic) bond motifs is 1. The summed E-state index contributed by atoms with van der Waals surface area (Å²) in [5, 5.41) is 13.8. The molecule has 0 saturated carbocycles. The van der Waals surface area contributed by atoms with Crippen molar-refractivity contribution in [2.24, 2.45) is 0 Å². The smallest absolute Gasteiger partial charge is 0.314 e. The molecule has 8 heteroatoms. The normalized spacial score (nSPS) is 14.2. The summed E-state index contributed by atoms with van der Waals surface area (Å²) in [4.78, 5) is 11.9. The standard InChI is InChI=1S/C17H21F2N5O/c1-11(12-4-5-13(18)14(19)9-12)10-21-17(25)20-7-6-16-23-22-15-3-2-8-24(15)16/h4-5,9,11H,2-3,6-8,10H2,1H3,(H2,20,21,25)/t11-/m1/s1. The monoisotopic (exact) mass is 349 g/mol. The molecule has 0 spiro atoms. The lowest BCUT2D eigenvalue weighted by molar-refractivity contribution is 0.240. The van der Waals surface area contributed by atoms with Gasteiger partial charge in [0.1, 0.15) is 11.6 Å². The first-order chi connectivity index (χ1) is 12.0. The maximum absolute atomic E-state index is 13.2. The van der Waals surface area contributed by atoms with Crippen molar-refractivity contribution in [1.82, 2.24) is 25.4 Å². The molecule has 0 radical (unpaired) electrons. The molecule has 25 heavy (non-hydrogen) atoms. The summed E-state index contributed by atoms with van der Waals surface area (Å²) in [5.74, 6) is 0.0274. The van der Waals surface area contributed by atoms with Crippen molar-refractivity contribution in [2.45, 2.75) is 38.6 Å². The zero-order chi connectivity index (χ0) is 17.8. The second-order valence-corrected chi connectivity index (χ2v) is 6.25. The average molecular weight is 349 g/mol. The van der Waals surface area contributed by atoms with E-state index < -0.39 is 11.6 Å². The van der Waals surface area contributed by atoms with Crippen LogP contribution in [0.1, 0.15) is 36.5 Å². The number of urea groups is 1. The van der Waals surface area contributed by atoms with Gasteiger partial charge in [0, 0.05) is 32.5 Å². The number of amides is 2. The number of nitrogens with one attached hydrogen (secondary N) is 2. The maximum atomic E-state index is 13.2. The van der Waals surface area contributed by atoms with Crippen LogP contribution in [0, 0.1) is 11.6 Å². The van der Waals surface area contributed by atoms with Gasteiger partial charge in [0.05, 0.1) is 0 Å². The molecule has 2 aromatic rings. The number of hydrogen-bond donors (Lipinski definition) is 2. The summed E-state index contributed by atoms with van der Waals surface area (Å²) in [5.41, 5.74) is 0.637. The number of carbonyl (C=O) groups excluding carboxylic acids is 1. The number of aromatic nitrogens is 3. The van der Waals surface area contributed by atoms with Crippen molar-refractivity contribution in [3.05, 3.63) is 47.0 Å². The summed E-state index contributed by atoms with van der Waals surface area (Å²) in [7, 11) is 0. The molecular weight excluding hydrogens is 328 g/mol. The van der Waals surface area contributed by atoms with E-state index in [1.54, 1.807) is 0 Å². The number of hydrogen-bond acceptors (Lipinski definition) is 3. The van der Waals surface area contributed by atoms with Gasteiger partial charge in [-0.05, 0) is 30.0 Å². The van der Waals surface area contributed by atoms with E-state index in [1.165, 1.54) is 6.07 Å². The third kappa shape index (κ3) is 4.12. The van der Waals surface area contributed by atoms with Crippen molar-refractivity contribution in [3.63, 3.8) is 0 Å². The third-order valence-electron chi connectivity index (χ3n) is 4.40. The zero-order valence-corrected chi connectivity index (χ0v) is 14.1. The number of rotatable bonds is 6. The highest BCUT2D eigenvalue weighted by Crippen LogP contribution is 2.17. The summed E-state index contributed by atoms with van der Waals surface area (Å²) in [6, 6.07) is 3.48. The molecule has 1 atom stereocenters. The zero-order valence-electron chi connectivity index (χ0n) is 14.1. The van der Waals surface area contributed by atoms with E-state index >= 15 is 0 Å². The molecule has 0 saturated heterocycles. The average Bonchev–Trinajstić information content (AvgIpc) is 3.20. The summed E-state index contributed by atoms with van der Waals surface area (Å²) < 4.78 is 28.3. The SMILES string of the molecule is C[C@H](CNC(=O)NCCc1nnc2n1CCC2)c1ccc(F)c(F)c1. The lowest BCUT2D eigenvalue weighted by atomic mass is 10.0. The fraction of sp³-hybridized carbons (Fsp3) is 0.471. The second kappa shape index (κ2) is 7.58. The number of benzene rings is 1. The van der Waals surface area contributed by atoms with Crippen LogP contribution in [0.3, 0.4) is 0 Å². The number of carbonyl (C=O) groups is 1. The van der Waals surface area contributed by atoms with Crippen molar-refractivity contribution in [1.29, 1.82) is 0 Å². The van der Waals surface area contributed by atoms with Crippen molar-refractivity contribution in [3.8, 4) is 0 Å². The van der Waals surface area contributed by atoms with Crippen molar-refractivity contribution in [2.75, 3.05) is 13.1 Å². The molecule has 1 aromatic carbocycles. The van der Waals surface area contributed by atoms with Gasteiger partial charge in [-0.25, -0.2) is 13.6 Å². The van der Waals surface area contributed by atoms with Gasteiger partial charge in [-0.3, -0.25) is 0 Å². The molecule has 0 aliphatic carbocycles. The first kappa shape index (κ1) is 17.3. The van der Waals surface area contributed by atoms with Crippen LogP contribution in [0.5, 0.6) is 0 Å². The quantitative estimate of drug-likeness (QED) is 0.839. The van der Waals surface area contributed by atoms with Crippen molar-refractivity contribution < 1.29 is 13.6 Å². The highest BCUT2D eigenvalue weighted by Gasteiger charge is 2.17. The first-order valence-electron chi connectivity index (χ1n) is 8.42. The number of halogens is 2. The van der Waals surface area contributed by atoms with Gasteiger partial charge in [-0.15, -0.1) is 10.2 Å². The first-order valence-corrected chi connectivity index (χ1v) is 8.42. The van der Waals surface area contributed by atoms with E-state index in [4.69, 9.17) is 0 Å². The van der Waals surface area contributed by atoms with E-state index in [0.717, 1.165) is 43.2 Å². The van der Waals surface area contributed by atoms with Crippen LogP contribution in [0.2, 0.25) is 0 Å². The van der Waals surface area contributed by atoms with E-state index in [-0.39, 0.29) is 11.9 Å². The molecule has 0 unspecified atom stereocenters. The molecule has 3 rings (SSSR count). The van der Waals surface area contributed by atoms with Crippen LogP contribution >= 0.6 is 0 Å². The molecule has 2 N–H and O–H groups in total. The lowest BCUT2D eigenvalue weighted by Crippen LogP contribution is -2.38. The largest absolute Gasteiger partial charge is 0.338 e. The molecule has 6 nitrogen and oxygen atoms in total. The predicted octanol–water partition coefficient (Wildman–Crippen LogP) is 2.15. The van der Waals surface area contributed by atoms with Gasteiger partial charge in [-0.1, -0.05) is 13.0 Å². The molecule has 1 aromatic heterocycles. The van der Waals surface area contributed by atoms with Gasteiger partial charge in [0.25, 0.3) is 0 Å². The van der Waals surface area contributed by atoms with Crippen LogP contribution < -0.4 is 10.6 Å². The Morgan fingerprint density at radius 3 is 2.92 bits per heavy atom. The van der Waals surface area contributed by atoms with Crippen LogP contribution in [0.25, 0.3) is 0 Å². The molecule has 2 heterocycles. The van der Waals surface area contributed by atoms with Gasteiger partial charge >= 0.3 is 6.03 Å². The Morgan fingerprint density at radius 1 is 1.28 bits per heavy atom. The third-order valence-corrected chi connectivity index (χ3v) is 4.40. The fourth-order valence-electron chi connectivity index (χ4n) is 2.93. The molecular formula is C17H21F2N5O. The molecule has 0 fully saturated rings. The molecule has 1 aliphatic rings. The Kier molecular flexibility index (Phi) is 5.25. The topological polar surface area (TPSA) is 71.8 Å². The van der Waals surface area contributed by atoms with Crippen LogP contribution in [-0.2, 0) is 19.4 Å². The fourth-order valence-corrected chi connectivity index (χ4v) is 2.93. The Labute approximate surface area is 144 Å². The number of aryl methyl sites for hydroxylation is 1. The Balaban J connectivity index is 1.41. The minimum Gasteiger partial charge on any atom is -0.338 e. The van der Waals surface area contributed by atoms with E-state index in [9.17, 15) is 13.6 Å². The maximum Gasteiger partial charge on any atom is 0.314 e. The second-order valence-electron chi connectivity index (χ2n) is 6.25. The van der Waals surface area contributed by atoms with Gasteiger partial charge in [0.15, 0.2) is 11.6 Å². The van der Waals surface area contributed by atoms with E-state index in [0.29, 0.717) is 25.1 Å². The molecule has 2 amide bonds. The van der Waals surface area contributed by atoms with Crippen LogP contribution in [-0.4, -0.2) is 33.9 Å². The minimum atomic E-state index is -0.880. The number of nitrogens with zero attached hydrogens (tertiary/aromatic N) is 3. The van der Waals surface area contributed by atoms with E-state index in [1.807, 2.05) is 6.92 Å².